The van der Waals surface area contributed by atoms with Crippen molar-refractivity contribution >= 4 is 11.6 Å². The van der Waals surface area contributed by atoms with Crippen LogP contribution in [0.5, 0.6) is 0 Å². The van der Waals surface area contributed by atoms with Crippen LogP contribution in [-0.2, 0) is 9.53 Å². The van der Waals surface area contributed by atoms with Gasteiger partial charge in [-0.05, 0) is 12.1 Å². The Morgan fingerprint density at radius 2 is 2.07 bits per heavy atom. The molecule has 1 aromatic carbocycles. The van der Waals surface area contributed by atoms with E-state index in [1.165, 1.54) is 0 Å². The highest BCUT2D eigenvalue weighted by Gasteiger charge is 1.99. The van der Waals surface area contributed by atoms with Gasteiger partial charge in [0.2, 0.25) is 5.91 Å². The van der Waals surface area contributed by atoms with E-state index < -0.39 is 0 Å². The van der Waals surface area contributed by atoms with Crippen molar-refractivity contribution in [3.63, 3.8) is 0 Å². The summed E-state index contributed by atoms with van der Waals surface area (Å²) < 4.78 is 4.85. The first-order valence-corrected chi connectivity index (χ1v) is 4.87. The maximum absolute atomic E-state index is 11.4. The van der Waals surface area contributed by atoms with Crippen molar-refractivity contribution in [1.29, 1.82) is 0 Å². The summed E-state index contributed by atoms with van der Waals surface area (Å²) in [6.07, 6.45) is 0. The number of methoxy groups -OCH3 is 1. The second-order valence-electron chi connectivity index (χ2n) is 3.08. The van der Waals surface area contributed by atoms with Crippen LogP contribution in [0.1, 0.15) is 0 Å². The number of hydrogen-bond acceptors (Lipinski definition) is 3. The van der Waals surface area contributed by atoms with E-state index in [1.807, 2.05) is 30.3 Å². The fraction of sp³-hybridized carbons (Fsp3) is 0.364. The second kappa shape index (κ2) is 6.98. The van der Waals surface area contributed by atoms with Gasteiger partial charge in [-0.3, -0.25) is 4.79 Å². The Bertz CT molecular complexity index is 288. The maximum Gasteiger partial charge on any atom is 0.238 e. The molecule has 0 heterocycles. The number of carbonyl (C=O) groups is 1. The monoisotopic (exact) mass is 208 g/mol. The summed E-state index contributed by atoms with van der Waals surface area (Å²) in [5, 5.41) is 5.75. The van der Waals surface area contributed by atoms with Gasteiger partial charge in [0.25, 0.3) is 0 Å². The molecule has 82 valence electrons. The fourth-order valence-electron chi connectivity index (χ4n) is 1.10. The number of benzene rings is 1. The third-order valence-electron chi connectivity index (χ3n) is 1.83. The van der Waals surface area contributed by atoms with E-state index in [1.54, 1.807) is 7.11 Å². The molecular weight excluding hydrogens is 192 g/mol. The predicted octanol–water partition coefficient (Wildman–Crippen LogP) is 0.861. The van der Waals surface area contributed by atoms with Gasteiger partial charge in [0, 0.05) is 19.3 Å². The summed E-state index contributed by atoms with van der Waals surface area (Å²) in [5.41, 5.74) is 0.816. The lowest BCUT2D eigenvalue weighted by atomic mass is 10.3. The summed E-state index contributed by atoms with van der Waals surface area (Å²) in [6, 6.07) is 9.38. The van der Waals surface area contributed by atoms with Crippen molar-refractivity contribution in [1.82, 2.24) is 5.32 Å². The molecule has 0 saturated heterocycles. The number of para-hydroxylation sites is 1. The van der Waals surface area contributed by atoms with Crippen molar-refractivity contribution < 1.29 is 9.53 Å². The van der Waals surface area contributed by atoms with Crippen LogP contribution in [0.25, 0.3) is 0 Å². The standard InChI is InChI=1S/C11H16N2O2/c1-15-8-7-12-9-11(14)13-10-5-3-2-4-6-10/h2-6,12H,7-9H2,1H3,(H,13,14). The SMILES string of the molecule is COCCNCC(=O)Nc1ccccc1. The van der Waals surface area contributed by atoms with Gasteiger partial charge in [-0.2, -0.15) is 0 Å². The van der Waals surface area contributed by atoms with Gasteiger partial charge in [0.05, 0.1) is 13.2 Å². The van der Waals surface area contributed by atoms with Crippen molar-refractivity contribution in [2.24, 2.45) is 0 Å². The van der Waals surface area contributed by atoms with E-state index in [0.717, 1.165) is 5.69 Å². The molecule has 0 aliphatic rings. The van der Waals surface area contributed by atoms with Gasteiger partial charge in [-0.1, -0.05) is 18.2 Å². The molecule has 0 saturated carbocycles. The Hall–Kier alpha value is -1.39. The molecule has 0 aliphatic carbocycles. The van der Waals surface area contributed by atoms with Crippen molar-refractivity contribution in [3.05, 3.63) is 30.3 Å². The molecule has 4 nitrogen and oxygen atoms in total. The molecule has 0 bridgehead atoms. The average molecular weight is 208 g/mol. The van der Waals surface area contributed by atoms with Crippen molar-refractivity contribution in [3.8, 4) is 0 Å². The van der Waals surface area contributed by atoms with Crippen molar-refractivity contribution in [2.45, 2.75) is 0 Å². The topological polar surface area (TPSA) is 50.4 Å². The van der Waals surface area contributed by atoms with Crippen LogP contribution in [0, 0.1) is 0 Å². The molecule has 1 aromatic rings. The first-order chi connectivity index (χ1) is 7.33. The number of carbonyl (C=O) groups excluding carboxylic acids is 1. The number of anilines is 1. The molecule has 0 atom stereocenters. The molecule has 15 heavy (non-hydrogen) atoms. The number of hydrogen-bond donors (Lipinski definition) is 2. The lowest BCUT2D eigenvalue weighted by Crippen LogP contribution is -2.30. The minimum absolute atomic E-state index is 0.0442. The van der Waals surface area contributed by atoms with E-state index in [4.69, 9.17) is 4.74 Å². The molecule has 1 rings (SSSR count). The van der Waals surface area contributed by atoms with Gasteiger partial charge in [0.15, 0.2) is 0 Å². The van der Waals surface area contributed by atoms with Gasteiger partial charge in [-0.25, -0.2) is 0 Å². The molecule has 2 N–H and O–H groups in total. The quantitative estimate of drug-likeness (QED) is 0.682. The van der Waals surface area contributed by atoms with Crippen LogP contribution in [-0.4, -0.2) is 32.7 Å². The Balaban J connectivity index is 2.19. The van der Waals surface area contributed by atoms with Gasteiger partial charge in [-0.15, -0.1) is 0 Å². The third-order valence-corrected chi connectivity index (χ3v) is 1.83. The molecule has 0 aliphatic heterocycles. The van der Waals surface area contributed by atoms with E-state index >= 15 is 0 Å². The van der Waals surface area contributed by atoms with Gasteiger partial charge >= 0.3 is 0 Å². The second-order valence-corrected chi connectivity index (χ2v) is 3.08. The summed E-state index contributed by atoms with van der Waals surface area (Å²) in [5.74, 6) is -0.0442. The Kier molecular flexibility index (Phi) is 5.43. The Morgan fingerprint density at radius 3 is 2.73 bits per heavy atom. The van der Waals surface area contributed by atoms with Crippen LogP contribution in [0.2, 0.25) is 0 Å². The summed E-state index contributed by atoms with van der Waals surface area (Å²) in [7, 11) is 1.63. The smallest absolute Gasteiger partial charge is 0.238 e. The van der Waals surface area contributed by atoms with Gasteiger partial charge in [0.1, 0.15) is 0 Å². The summed E-state index contributed by atoms with van der Waals surface area (Å²) >= 11 is 0. The molecule has 1 amide bonds. The Morgan fingerprint density at radius 1 is 1.33 bits per heavy atom. The zero-order chi connectivity index (χ0) is 10.9. The zero-order valence-electron chi connectivity index (χ0n) is 8.82. The van der Waals surface area contributed by atoms with E-state index in [2.05, 4.69) is 10.6 Å². The van der Waals surface area contributed by atoms with E-state index in [9.17, 15) is 4.79 Å². The maximum atomic E-state index is 11.4. The molecule has 0 unspecified atom stereocenters. The highest BCUT2D eigenvalue weighted by molar-refractivity contribution is 5.92. The zero-order valence-corrected chi connectivity index (χ0v) is 8.82. The van der Waals surface area contributed by atoms with Gasteiger partial charge < -0.3 is 15.4 Å². The normalized spacial score (nSPS) is 9.93. The van der Waals surface area contributed by atoms with Crippen molar-refractivity contribution in [2.75, 3.05) is 32.1 Å². The molecule has 4 heteroatoms. The molecular formula is C11H16N2O2. The third kappa shape index (κ3) is 5.15. The number of amides is 1. The number of ether oxygens (including phenoxy) is 1. The molecule has 0 spiro atoms. The predicted molar refractivity (Wildman–Crippen MR) is 59.8 cm³/mol. The lowest BCUT2D eigenvalue weighted by Gasteiger charge is -2.05. The minimum Gasteiger partial charge on any atom is -0.383 e. The largest absolute Gasteiger partial charge is 0.383 e. The number of nitrogens with one attached hydrogen (secondary N) is 2. The van der Waals surface area contributed by atoms with E-state index in [0.29, 0.717) is 19.7 Å². The van der Waals surface area contributed by atoms with Crippen LogP contribution in [0.3, 0.4) is 0 Å². The molecule has 0 fully saturated rings. The van der Waals surface area contributed by atoms with Crippen LogP contribution < -0.4 is 10.6 Å². The first kappa shape index (κ1) is 11.7. The van der Waals surface area contributed by atoms with Crippen LogP contribution in [0.4, 0.5) is 5.69 Å². The first-order valence-electron chi connectivity index (χ1n) is 4.87. The Labute approximate surface area is 89.6 Å². The highest BCUT2D eigenvalue weighted by atomic mass is 16.5. The lowest BCUT2D eigenvalue weighted by molar-refractivity contribution is -0.115. The highest BCUT2D eigenvalue weighted by Crippen LogP contribution is 2.03. The van der Waals surface area contributed by atoms with Crippen LogP contribution >= 0.6 is 0 Å². The molecule has 0 radical (unpaired) electrons. The minimum atomic E-state index is -0.0442. The van der Waals surface area contributed by atoms with E-state index in [-0.39, 0.29) is 5.91 Å². The summed E-state index contributed by atoms with van der Waals surface area (Å²) in [4.78, 5) is 11.4. The van der Waals surface area contributed by atoms with Crippen LogP contribution in [0.15, 0.2) is 30.3 Å². The summed E-state index contributed by atoms with van der Waals surface area (Å²) in [6.45, 7) is 1.59. The molecule has 0 aromatic heterocycles. The number of rotatable bonds is 6. The fourth-order valence-corrected chi connectivity index (χ4v) is 1.10. The average Bonchev–Trinajstić information content (AvgIpc) is 2.26.